The fourth-order valence-electron chi connectivity index (χ4n) is 2.70. The molecule has 1 aromatic carbocycles. The van der Waals surface area contributed by atoms with Crippen LogP contribution < -0.4 is 29.2 Å². The largest absolute Gasteiger partial charge is 0.412 e. The Morgan fingerprint density at radius 3 is 2.41 bits per heavy atom. The summed E-state index contributed by atoms with van der Waals surface area (Å²) in [5.41, 5.74) is 2.74. The number of nitrogens with one attached hydrogen (secondary N) is 2. The van der Waals surface area contributed by atoms with Crippen molar-refractivity contribution in [2.24, 2.45) is 0 Å². The van der Waals surface area contributed by atoms with E-state index in [9.17, 15) is 4.79 Å². The van der Waals surface area contributed by atoms with E-state index in [1.165, 1.54) is 27.7 Å². The summed E-state index contributed by atoms with van der Waals surface area (Å²) < 4.78 is 35.3. The number of H-pyrrole nitrogens is 2. The van der Waals surface area contributed by atoms with Crippen molar-refractivity contribution < 1.29 is 44.8 Å². The highest BCUT2D eigenvalue weighted by molar-refractivity contribution is 6.03. The van der Waals surface area contributed by atoms with Crippen molar-refractivity contribution in [1.29, 1.82) is 0 Å². The monoisotopic (exact) mass is 466 g/mol. The molecule has 0 aliphatic rings. The number of aromatic nitrogens is 6. The molecule has 0 aliphatic heterocycles. The standard InChI is InChI=1S/C12H8N2.C6H6N4O.ClHO4.2H2O/c1-3-9-10-4-2-8-14-12(10)6-5-11(9)13-7-1;1-4-2-5(11)10-6(9-4)7-3-8-10;2-1(3,4)5;;/h1-8H;2-3H,1H3,(H,7,8,9);(H,2,3,4,5);2*1H2. The number of pyridine rings is 2. The van der Waals surface area contributed by atoms with Crippen LogP contribution in [-0.2, 0) is 0 Å². The zero-order valence-corrected chi connectivity index (χ0v) is 17.2. The fourth-order valence-corrected chi connectivity index (χ4v) is 2.70. The van der Waals surface area contributed by atoms with Gasteiger partial charge in [0.25, 0.3) is 11.3 Å². The van der Waals surface area contributed by atoms with E-state index in [2.05, 4.69) is 43.2 Å². The molecule has 0 atom stereocenters. The molecule has 4 aromatic heterocycles. The summed E-state index contributed by atoms with van der Waals surface area (Å²) in [5, 5.41) is 5.06. The first-order valence-electron chi connectivity index (χ1n) is 8.38. The van der Waals surface area contributed by atoms with Crippen LogP contribution in [0.1, 0.15) is 5.69 Å². The van der Waals surface area contributed by atoms with Gasteiger partial charge in [0.1, 0.15) is 6.33 Å². The quantitative estimate of drug-likeness (QED) is 0.217. The fraction of sp³-hybridized carbons (Fsp3) is 0.0556. The smallest absolute Gasteiger partial charge is 0.274 e. The summed E-state index contributed by atoms with van der Waals surface area (Å²) in [6.45, 7) is 1.76. The van der Waals surface area contributed by atoms with Crippen molar-refractivity contribution in [1.82, 2.24) is 24.6 Å². The number of fused-ring (bicyclic) bond motifs is 4. The molecule has 0 fully saturated rings. The van der Waals surface area contributed by atoms with Gasteiger partial charge in [-0.1, -0.05) is 6.07 Å². The summed E-state index contributed by atoms with van der Waals surface area (Å²) in [6, 6.07) is 13.7. The average molecular weight is 467 g/mol. The third kappa shape index (κ3) is 7.00. The molecule has 0 bridgehead atoms. The predicted octanol–water partition coefficient (Wildman–Crippen LogP) is -4.48. The number of hydrogen-bond acceptors (Lipinski definition) is 8. The first kappa shape index (κ1) is 26.5. The third-order valence-corrected chi connectivity index (χ3v) is 3.82. The molecule has 0 amide bonds. The van der Waals surface area contributed by atoms with Gasteiger partial charge >= 0.3 is 0 Å². The van der Waals surface area contributed by atoms with Crippen molar-refractivity contribution in [2.45, 2.75) is 6.92 Å². The normalized spacial score (nSPS) is 10.3. The van der Waals surface area contributed by atoms with E-state index in [-0.39, 0.29) is 16.5 Å². The molecule has 5 rings (SSSR count). The Bertz CT molecular complexity index is 1290. The van der Waals surface area contributed by atoms with E-state index in [1.54, 1.807) is 6.92 Å². The molecular formula is C18H19ClN6O7. The van der Waals surface area contributed by atoms with Gasteiger partial charge in [-0.15, -0.1) is 10.2 Å². The Balaban J connectivity index is 0.000000257. The second kappa shape index (κ2) is 11.2. The minimum absolute atomic E-state index is 0. The Kier molecular flexibility index (Phi) is 9.24. The second-order valence-corrected chi connectivity index (χ2v) is 6.66. The van der Waals surface area contributed by atoms with E-state index in [0.29, 0.717) is 11.5 Å². The highest BCUT2D eigenvalue weighted by Gasteiger charge is 2.03. The second-order valence-electron chi connectivity index (χ2n) is 5.90. The van der Waals surface area contributed by atoms with Crippen LogP contribution in [0.5, 0.6) is 0 Å². The number of aryl methyl sites for hydroxylation is 1. The first-order valence-corrected chi connectivity index (χ1v) is 9.61. The maximum atomic E-state index is 11.1. The highest BCUT2D eigenvalue weighted by atomic mass is 35.7. The van der Waals surface area contributed by atoms with E-state index < -0.39 is 10.2 Å². The van der Waals surface area contributed by atoms with Gasteiger partial charge in [0, 0.05) is 35.5 Å². The van der Waals surface area contributed by atoms with Crippen molar-refractivity contribution in [3.63, 3.8) is 0 Å². The predicted molar refractivity (Wildman–Crippen MR) is 101 cm³/mol. The zero-order chi connectivity index (χ0) is 21.7. The Labute approximate surface area is 181 Å². The zero-order valence-electron chi connectivity index (χ0n) is 16.5. The van der Waals surface area contributed by atoms with Crippen LogP contribution in [0.2, 0.25) is 0 Å². The first-order chi connectivity index (χ1) is 14.2. The van der Waals surface area contributed by atoms with Gasteiger partial charge in [0.2, 0.25) is 5.52 Å². The topological polar surface area (TPSA) is 245 Å². The number of halogens is 1. The Hall–Kier alpha value is -3.56. The summed E-state index contributed by atoms with van der Waals surface area (Å²) in [5.74, 6) is 0.412. The molecule has 5 aromatic rings. The van der Waals surface area contributed by atoms with Gasteiger partial charge in [-0.2, -0.15) is 4.52 Å². The molecule has 0 spiro atoms. The number of rotatable bonds is 0. The molecule has 170 valence electrons. The minimum atomic E-state index is -4.94. The van der Waals surface area contributed by atoms with Crippen LogP contribution in [0.15, 0.2) is 66.0 Å². The molecule has 13 nitrogen and oxygen atoms in total. The molecule has 0 radical (unpaired) electrons. The molecular weight excluding hydrogens is 448 g/mol. The molecule has 0 saturated heterocycles. The highest BCUT2D eigenvalue weighted by Crippen LogP contribution is 2.20. The lowest BCUT2D eigenvalue weighted by Crippen LogP contribution is -2.68. The van der Waals surface area contributed by atoms with Gasteiger partial charge in [0.15, 0.2) is 6.20 Å². The lowest BCUT2D eigenvalue weighted by Gasteiger charge is -2.17. The summed E-state index contributed by atoms with van der Waals surface area (Å²) in [7, 11) is -4.94. The molecule has 0 saturated carbocycles. The number of hydrogen-bond donors (Lipinski definition) is 1. The molecule has 0 aliphatic carbocycles. The summed E-state index contributed by atoms with van der Waals surface area (Å²) >= 11 is 0. The molecule has 6 N–H and O–H groups in total. The Morgan fingerprint density at radius 1 is 1.00 bits per heavy atom. The number of benzene rings is 1. The molecule has 4 heterocycles. The van der Waals surface area contributed by atoms with E-state index in [1.807, 2.05) is 30.6 Å². The van der Waals surface area contributed by atoms with Gasteiger partial charge in [-0.25, -0.2) is 33.6 Å². The van der Waals surface area contributed by atoms with Crippen LogP contribution in [0.25, 0.3) is 27.6 Å². The van der Waals surface area contributed by atoms with Gasteiger partial charge in [-0.05, 0) is 25.1 Å². The number of nitrogens with zero attached hydrogens (tertiary/aromatic N) is 4. The lowest BCUT2D eigenvalue weighted by atomic mass is 10.1. The SMILES string of the molecule is Cc1cc(=O)n2[nH]cnc2n1.O.O.[O-][Cl+3]([O-])([O-])[O-].c1cnc2ccc3[nH+]cccc3c2c1. The summed E-state index contributed by atoms with van der Waals surface area (Å²) in [6.07, 6.45) is 5.19. The van der Waals surface area contributed by atoms with Crippen LogP contribution in [0, 0.1) is 17.2 Å². The van der Waals surface area contributed by atoms with Gasteiger partial charge in [-0.3, -0.25) is 14.9 Å². The van der Waals surface area contributed by atoms with Gasteiger partial charge in [0.05, 0.1) is 10.9 Å². The van der Waals surface area contributed by atoms with E-state index in [4.69, 9.17) is 18.6 Å². The maximum Gasteiger partial charge on any atom is 0.274 e. The molecule has 32 heavy (non-hydrogen) atoms. The third-order valence-electron chi connectivity index (χ3n) is 3.82. The van der Waals surface area contributed by atoms with Crippen LogP contribution >= 0.6 is 0 Å². The average Bonchev–Trinajstić information content (AvgIpc) is 3.16. The lowest BCUT2D eigenvalue weighted by molar-refractivity contribution is -2.00. The number of aromatic amines is 2. The van der Waals surface area contributed by atoms with Crippen LogP contribution in [-0.4, -0.2) is 35.5 Å². The molecule has 0 unspecified atom stereocenters. The van der Waals surface area contributed by atoms with E-state index in [0.717, 1.165) is 11.0 Å². The van der Waals surface area contributed by atoms with Crippen LogP contribution in [0.4, 0.5) is 0 Å². The van der Waals surface area contributed by atoms with Gasteiger partial charge < -0.3 is 11.0 Å². The maximum absolute atomic E-state index is 11.1. The van der Waals surface area contributed by atoms with Crippen molar-refractivity contribution >= 4 is 27.6 Å². The Morgan fingerprint density at radius 2 is 1.69 bits per heavy atom. The van der Waals surface area contributed by atoms with Crippen molar-refractivity contribution in [3.05, 3.63) is 77.2 Å². The molecule has 14 heteroatoms. The minimum Gasteiger partial charge on any atom is -0.412 e. The van der Waals surface area contributed by atoms with Crippen LogP contribution in [0.3, 0.4) is 0 Å². The van der Waals surface area contributed by atoms with Crippen molar-refractivity contribution in [3.8, 4) is 0 Å². The van der Waals surface area contributed by atoms with Crippen molar-refractivity contribution in [2.75, 3.05) is 0 Å². The van der Waals surface area contributed by atoms with E-state index >= 15 is 0 Å². The summed E-state index contributed by atoms with van der Waals surface area (Å²) in [4.78, 5) is 26.5.